The highest BCUT2D eigenvalue weighted by Crippen LogP contribution is 2.32. The first-order chi connectivity index (χ1) is 28.7. The fourth-order valence-electron chi connectivity index (χ4n) is 6.91. The van der Waals surface area contributed by atoms with E-state index in [1.807, 2.05) is 4.57 Å². The number of hydrogen-bond acceptors (Lipinski definition) is 11. The molecule has 4 N–H and O–H groups in total. The van der Waals surface area contributed by atoms with Crippen LogP contribution in [0.3, 0.4) is 0 Å². The molecule has 5 aromatic rings. The van der Waals surface area contributed by atoms with E-state index in [4.69, 9.17) is 4.74 Å². The Labute approximate surface area is 336 Å². The summed E-state index contributed by atoms with van der Waals surface area (Å²) in [5.74, 6) is -2.27. The molecule has 2 aliphatic heterocycles. The molecule has 18 heteroatoms. The second-order valence-electron chi connectivity index (χ2n) is 13.9. The van der Waals surface area contributed by atoms with Crippen LogP contribution in [0.4, 0.5) is 20.2 Å². The molecule has 0 aliphatic carbocycles. The number of fused-ring (bicyclic) bond motifs is 1. The maximum absolute atomic E-state index is 14.0. The van der Waals surface area contributed by atoms with Gasteiger partial charge in [-0.25, -0.2) is 18.7 Å². The summed E-state index contributed by atoms with van der Waals surface area (Å²) in [4.78, 5) is 72.6. The van der Waals surface area contributed by atoms with Crippen LogP contribution in [0.1, 0.15) is 69.8 Å². The standard InChI is InChI=1S/C41H40F2N10O6/c42-30-9-3-10-31(43)28(30)21-46-39(56)25-6-1-7-26(20-25)45-22-35-50-51-38(33-15-16-44-24-47-33)52(35)17-5-19-59-18-4-12-36(54)48-32-11-2-8-27-29(32)23-53(41(27)58)34-13-14-37(55)49-40(34)57/h1-3,6-11,15-16,20,24,34,45H,4-5,12-14,17-19,21-23H2,(H,46,56)(H,48,54)(H,49,55,57). The Kier molecular flexibility index (Phi) is 12.6. The van der Waals surface area contributed by atoms with E-state index in [-0.39, 0.29) is 62.2 Å². The molecule has 2 aliphatic rings. The van der Waals surface area contributed by atoms with Gasteiger partial charge in [0.25, 0.3) is 11.8 Å². The minimum atomic E-state index is -0.749. The first kappa shape index (κ1) is 40.3. The number of benzene rings is 3. The lowest BCUT2D eigenvalue weighted by atomic mass is 10.0. The molecule has 4 heterocycles. The van der Waals surface area contributed by atoms with Crippen molar-refractivity contribution in [3.8, 4) is 11.5 Å². The summed E-state index contributed by atoms with van der Waals surface area (Å²) in [6, 6.07) is 16.2. The number of hydrogen-bond donors (Lipinski definition) is 4. The Morgan fingerprint density at radius 2 is 1.73 bits per heavy atom. The highest BCUT2D eigenvalue weighted by Gasteiger charge is 2.40. The SMILES string of the molecule is O=C1CCC(N2Cc3c(NC(=O)CCCOCCCn4c(CNc5cccc(C(=O)NCc6c(F)cccc6F)c5)nnc4-c4ccncn4)cccc3C2=O)C(=O)N1. The molecule has 2 aromatic heterocycles. The van der Waals surface area contributed by atoms with Crippen molar-refractivity contribution in [2.45, 2.75) is 64.3 Å². The third kappa shape index (κ3) is 9.61. The van der Waals surface area contributed by atoms with E-state index in [9.17, 15) is 32.8 Å². The van der Waals surface area contributed by atoms with Gasteiger partial charge >= 0.3 is 0 Å². The highest BCUT2D eigenvalue weighted by molar-refractivity contribution is 6.06. The number of carbonyl (C=O) groups excluding carboxylic acids is 5. The van der Waals surface area contributed by atoms with Crippen molar-refractivity contribution in [1.29, 1.82) is 0 Å². The number of carbonyl (C=O) groups is 5. The predicted octanol–water partition coefficient (Wildman–Crippen LogP) is 4.14. The predicted molar refractivity (Wildman–Crippen MR) is 208 cm³/mol. The summed E-state index contributed by atoms with van der Waals surface area (Å²) in [6.45, 7) is 1.28. The molecule has 59 heavy (non-hydrogen) atoms. The van der Waals surface area contributed by atoms with Crippen LogP contribution in [0.25, 0.3) is 11.5 Å². The number of aromatic nitrogens is 5. The third-order valence-electron chi connectivity index (χ3n) is 9.92. The van der Waals surface area contributed by atoms with Crippen molar-refractivity contribution >= 4 is 40.9 Å². The van der Waals surface area contributed by atoms with Crippen molar-refractivity contribution in [3.05, 3.63) is 119 Å². The number of imide groups is 1. The van der Waals surface area contributed by atoms with E-state index in [1.165, 1.54) is 17.3 Å². The van der Waals surface area contributed by atoms with E-state index in [2.05, 4.69) is 41.4 Å². The molecule has 16 nitrogen and oxygen atoms in total. The van der Waals surface area contributed by atoms with Crippen LogP contribution in [-0.2, 0) is 45.3 Å². The Bertz CT molecular complexity index is 2360. The zero-order valence-corrected chi connectivity index (χ0v) is 31.7. The summed E-state index contributed by atoms with van der Waals surface area (Å²) >= 11 is 0. The van der Waals surface area contributed by atoms with E-state index in [0.29, 0.717) is 78.0 Å². The lowest BCUT2D eigenvalue weighted by Gasteiger charge is -2.29. The highest BCUT2D eigenvalue weighted by atomic mass is 19.1. The number of amides is 5. The first-order valence-electron chi connectivity index (χ1n) is 19.0. The van der Waals surface area contributed by atoms with Gasteiger partial charge in [0, 0.05) is 85.5 Å². The monoisotopic (exact) mass is 806 g/mol. The maximum Gasteiger partial charge on any atom is 0.255 e. The van der Waals surface area contributed by atoms with Crippen LogP contribution < -0.4 is 21.3 Å². The molecule has 1 unspecified atom stereocenters. The Morgan fingerprint density at radius 3 is 2.53 bits per heavy atom. The minimum Gasteiger partial charge on any atom is -0.381 e. The molecular formula is C41H40F2N10O6. The zero-order chi connectivity index (χ0) is 41.3. The van der Waals surface area contributed by atoms with Crippen LogP contribution in [0, 0.1) is 11.6 Å². The number of ether oxygens (including phenoxy) is 1. The lowest BCUT2D eigenvalue weighted by Crippen LogP contribution is -2.52. The molecule has 1 fully saturated rings. The fourth-order valence-corrected chi connectivity index (χ4v) is 6.91. The van der Waals surface area contributed by atoms with Gasteiger partial charge in [-0.1, -0.05) is 18.2 Å². The van der Waals surface area contributed by atoms with Gasteiger partial charge in [0.2, 0.25) is 17.7 Å². The number of nitrogens with zero attached hydrogens (tertiary/aromatic N) is 6. The zero-order valence-electron chi connectivity index (χ0n) is 31.7. The number of rotatable bonds is 17. The number of piperidine rings is 1. The largest absolute Gasteiger partial charge is 0.381 e. The van der Waals surface area contributed by atoms with Crippen molar-refractivity contribution in [2.75, 3.05) is 23.8 Å². The minimum absolute atomic E-state index is 0.152. The summed E-state index contributed by atoms with van der Waals surface area (Å²) in [5.41, 5.74) is 2.80. The van der Waals surface area contributed by atoms with Gasteiger partial charge in [0.15, 0.2) is 11.6 Å². The Hall–Kier alpha value is -6.95. The van der Waals surface area contributed by atoms with Gasteiger partial charge < -0.3 is 30.2 Å². The van der Waals surface area contributed by atoms with Crippen LogP contribution in [0.15, 0.2) is 79.3 Å². The number of halogens is 2. The molecule has 5 amide bonds. The summed E-state index contributed by atoms with van der Waals surface area (Å²) in [5, 5.41) is 19.8. The van der Waals surface area contributed by atoms with E-state index < -0.39 is 29.5 Å². The average Bonchev–Trinajstić information content (AvgIpc) is 3.80. The molecular weight excluding hydrogens is 767 g/mol. The van der Waals surface area contributed by atoms with Gasteiger partial charge in [-0.3, -0.25) is 29.3 Å². The molecule has 3 aromatic carbocycles. The second kappa shape index (κ2) is 18.5. The van der Waals surface area contributed by atoms with Crippen molar-refractivity contribution < 1.29 is 37.5 Å². The molecule has 0 spiro atoms. The van der Waals surface area contributed by atoms with Crippen molar-refractivity contribution in [2.24, 2.45) is 0 Å². The van der Waals surface area contributed by atoms with Crippen LogP contribution in [0.5, 0.6) is 0 Å². The topological polar surface area (TPSA) is 202 Å². The quantitative estimate of drug-likeness (QED) is 0.0777. The molecule has 304 valence electrons. The summed E-state index contributed by atoms with van der Waals surface area (Å²) in [6.07, 6.45) is 4.65. The van der Waals surface area contributed by atoms with Gasteiger partial charge in [-0.05, 0) is 67.8 Å². The Balaban J connectivity index is 0.884. The van der Waals surface area contributed by atoms with E-state index >= 15 is 0 Å². The van der Waals surface area contributed by atoms with Gasteiger partial charge in [-0.2, -0.15) is 0 Å². The molecule has 0 radical (unpaired) electrons. The van der Waals surface area contributed by atoms with Gasteiger partial charge in [-0.15, -0.1) is 10.2 Å². The average molecular weight is 807 g/mol. The molecule has 1 saturated heterocycles. The van der Waals surface area contributed by atoms with Gasteiger partial charge in [0.1, 0.15) is 29.7 Å². The second-order valence-corrected chi connectivity index (χ2v) is 13.9. The fraction of sp³-hybridized carbons (Fsp3) is 0.293. The normalized spacial score (nSPS) is 14.8. The number of nitrogens with one attached hydrogen (secondary N) is 4. The molecule has 7 rings (SSSR count). The third-order valence-corrected chi connectivity index (χ3v) is 9.92. The van der Waals surface area contributed by atoms with Crippen LogP contribution in [0.2, 0.25) is 0 Å². The van der Waals surface area contributed by atoms with Crippen LogP contribution >= 0.6 is 0 Å². The van der Waals surface area contributed by atoms with Gasteiger partial charge in [0.05, 0.1) is 6.54 Å². The molecule has 1 atom stereocenters. The van der Waals surface area contributed by atoms with Crippen LogP contribution in [-0.4, -0.2) is 78.4 Å². The van der Waals surface area contributed by atoms with Crippen molar-refractivity contribution in [3.63, 3.8) is 0 Å². The van der Waals surface area contributed by atoms with E-state index in [0.717, 1.165) is 12.1 Å². The maximum atomic E-state index is 14.0. The molecule has 0 saturated carbocycles. The first-order valence-corrected chi connectivity index (χ1v) is 19.0. The molecule has 0 bridgehead atoms. The lowest BCUT2D eigenvalue weighted by molar-refractivity contribution is -0.137. The van der Waals surface area contributed by atoms with E-state index in [1.54, 1.807) is 54.7 Å². The smallest absolute Gasteiger partial charge is 0.255 e. The Morgan fingerprint density at radius 1 is 0.932 bits per heavy atom. The summed E-state index contributed by atoms with van der Waals surface area (Å²) < 4.78 is 35.9. The summed E-state index contributed by atoms with van der Waals surface area (Å²) in [7, 11) is 0. The number of anilines is 2. The van der Waals surface area contributed by atoms with Crippen molar-refractivity contribution in [1.82, 2.24) is 40.3 Å².